The summed E-state index contributed by atoms with van der Waals surface area (Å²) in [6.07, 6.45) is 7.07. The number of rotatable bonds is 12. The van der Waals surface area contributed by atoms with Crippen LogP contribution in [0.4, 0.5) is 0 Å². The number of nitrogens with zero attached hydrogens (tertiary/aromatic N) is 2. The number of esters is 1. The van der Waals surface area contributed by atoms with E-state index < -0.39 is 16.0 Å². The lowest BCUT2D eigenvalue weighted by molar-refractivity contribution is -0.134. The number of aryl methyl sites for hydroxylation is 1. The van der Waals surface area contributed by atoms with Gasteiger partial charge in [-0.3, -0.25) is 0 Å². The monoisotopic (exact) mass is 587 g/mol. The molecule has 0 spiro atoms. The van der Waals surface area contributed by atoms with E-state index in [0.29, 0.717) is 31.7 Å². The largest absolute Gasteiger partial charge is 0.492 e. The summed E-state index contributed by atoms with van der Waals surface area (Å²) < 4.78 is 40.7. The van der Waals surface area contributed by atoms with E-state index in [4.69, 9.17) is 9.47 Å². The van der Waals surface area contributed by atoms with Crippen LogP contribution in [0, 0.1) is 0 Å². The van der Waals surface area contributed by atoms with Gasteiger partial charge >= 0.3 is 5.97 Å². The van der Waals surface area contributed by atoms with Crippen LogP contribution in [0.3, 0.4) is 0 Å². The van der Waals surface area contributed by atoms with Crippen LogP contribution in [0.2, 0.25) is 0 Å². The molecule has 0 saturated carbocycles. The third kappa shape index (κ3) is 6.59. The smallest absolute Gasteiger partial charge is 0.330 e. The van der Waals surface area contributed by atoms with Crippen molar-refractivity contribution in [1.82, 2.24) is 14.2 Å². The van der Waals surface area contributed by atoms with Gasteiger partial charge < -0.3 is 19.4 Å². The van der Waals surface area contributed by atoms with Gasteiger partial charge in [0.2, 0.25) is 10.0 Å². The van der Waals surface area contributed by atoms with E-state index in [1.54, 1.807) is 34.6 Å². The SMILES string of the molecule is COC(=O)C=Cc1ccc2c(c1)CCC2N(CCc1c[nH]c2ccccc12)S(=O)(=O)c1ccc(OCCN(C)C)cc1. The molecule has 1 atom stereocenters. The molecule has 42 heavy (non-hydrogen) atoms. The van der Waals surface area contributed by atoms with Crippen LogP contribution >= 0.6 is 0 Å². The van der Waals surface area contributed by atoms with Crippen molar-refractivity contribution in [3.05, 3.63) is 101 Å². The predicted molar refractivity (Wildman–Crippen MR) is 165 cm³/mol. The Hall–Kier alpha value is -3.92. The average molecular weight is 588 g/mol. The zero-order valence-corrected chi connectivity index (χ0v) is 25.1. The van der Waals surface area contributed by atoms with Gasteiger partial charge in [0.15, 0.2) is 0 Å². The summed E-state index contributed by atoms with van der Waals surface area (Å²) in [6.45, 7) is 1.62. The van der Waals surface area contributed by atoms with Crippen molar-refractivity contribution in [3.63, 3.8) is 0 Å². The number of benzene rings is 3. The van der Waals surface area contributed by atoms with Crippen LogP contribution in [0.15, 0.2) is 83.9 Å². The summed E-state index contributed by atoms with van der Waals surface area (Å²) in [6, 6.07) is 20.4. The molecular weight excluding hydrogens is 550 g/mol. The molecule has 1 unspecified atom stereocenters. The maximum atomic E-state index is 14.3. The normalized spacial score (nSPS) is 15.1. The zero-order valence-electron chi connectivity index (χ0n) is 24.2. The molecule has 1 heterocycles. The molecule has 0 bridgehead atoms. The number of likely N-dealkylation sites (N-methyl/N-ethyl adjacent to an activating group) is 1. The number of ether oxygens (including phenoxy) is 2. The zero-order chi connectivity index (χ0) is 29.7. The van der Waals surface area contributed by atoms with Crippen LogP contribution in [0.25, 0.3) is 17.0 Å². The second-order valence-corrected chi connectivity index (χ2v) is 12.6. The second-order valence-electron chi connectivity index (χ2n) is 10.7. The molecule has 220 valence electrons. The highest BCUT2D eigenvalue weighted by molar-refractivity contribution is 7.89. The number of sulfonamides is 1. The second kappa shape index (κ2) is 12.9. The van der Waals surface area contributed by atoms with Crippen molar-refractivity contribution >= 4 is 33.0 Å². The highest BCUT2D eigenvalue weighted by Crippen LogP contribution is 2.40. The van der Waals surface area contributed by atoms with Crippen molar-refractivity contribution in [2.75, 3.05) is 40.9 Å². The molecule has 0 radical (unpaired) electrons. The molecular formula is C33H37N3O5S. The molecule has 1 aromatic heterocycles. The van der Waals surface area contributed by atoms with E-state index in [0.717, 1.165) is 46.1 Å². The third-order valence-corrected chi connectivity index (χ3v) is 9.61. The summed E-state index contributed by atoms with van der Waals surface area (Å²) in [5.41, 5.74) is 5.07. The van der Waals surface area contributed by atoms with Gasteiger partial charge in [-0.15, -0.1) is 0 Å². The highest BCUT2D eigenvalue weighted by Gasteiger charge is 2.36. The average Bonchev–Trinajstić information content (AvgIpc) is 3.60. The van der Waals surface area contributed by atoms with Crippen molar-refractivity contribution in [1.29, 1.82) is 0 Å². The van der Waals surface area contributed by atoms with Gasteiger partial charge in [-0.2, -0.15) is 4.31 Å². The van der Waals surface area contributed by atoms with Gasteiger partial charge in [-0.25, -0.2) is 13.2 Å². The Morgan fingerprint density at radius 3 is 2.60 bits per heavy atom. The van der Waals surface area contributed by atoms with E-state index in [-0.39, 0.29) is 10.9 Å². The number of aromatic amines is 1. The number of fused-ring (bicyclic) bond motifs is 2. The topological polar surface area (TPSA) is 91.9 Å². The third-order valence-electron chi connectivity index (χ3n) is 7.69. The fourth-order valence-corrected chi connectivity index (χ4v) is 7.09. The van der Waals surface area contributed by atoms with Gasteiger partial charge in [-0.05, 0) is 92.0 Å². The molecule has 1 aliphatic carbocycles. The number of methoxy groups -OCH3 is 1. The van der Waals surface area contributed by atoms with Crippen molar-refractivity contribution in [2.24, 2.45) is 0 Å². The van der Waals surface area contributed by atoms with Crippen molar-refractivity contribution < 1.29 is 22.7 Å². The van der Waals surface area contributed by atoms with Crippen molar-refractivity contribution in [2.45, 2.75) is 30.2 Å². The Morgan fingerprint density at radius 2 is 1.83 bits per heavy atom. The summed E-state index contributed by atoms with van der Waals surface area (Å²) in [7, 11) is 1.46. The van der Waals surface area contributed by atoms with Gasteiger partial charge in [0, 0.05) is 36.3 Å². The standard InChI is InChI=1S/C33H37N3O5S/c1-35(2)20-21-41-27-11-13-28(14-12-27)42(38,39)36(19-18-26-23-34-31-7-5-4-6-29(26)31)32-16-10-25-22-24(8-15-30(25)32)9-17-33(37)40-3/h4-9,11-15,17,22-23,32,34H,10,16,18-21H2,1-3H3. The first kappa shape index (κ1) is 29.6. The summed E-state index contributed by atoms with van der Waals surface area (Å²) in [5, 5.41) is 1.10. The Labute approximate surface area is 247 Å². The number of nitrogens with one attached hydrogen (secondary N) is 1. The Morgan fingerprint density at radius 1 is 1.05 bits per heavy atom. The maximum Gasteiger partial charge on any atom is 0.330 e. The minimum absolute atomic E-state index is 0.243. The van der Waals surface area contributed by atoms with Gasteiger partial charge in [0.1, 0.15) is 12.4 Å². The van der Waals surface area contributed by atoms with E-state index in [9.17, 15) is 13.2 Å². The maximum absolute atomic E-state index is 14.3. The Bertz CT molecular complexity index is 1680. The lowest BCUT2D eigenvalue weighted by atomic mass is 10.0. The van der Waals surface area contributed by atoms with Gasteiger partial charge in [-0.1, -0.05) is 36.4 Å². The lowest BCUT2D eigenvalue weighted by Gasteiger charge is -2.29. The number of hydrogen-bond acceptors (Lipinski definition) is 6. The van der Waals surface area contributed by atoms with Crippen LogP contribution in [0.1, 0.15) is 34.7 Å². The fraction of sp³-hybridized carbons (Fsp3) is 0.303. The number of hydrogen-bond donors (Lipinski definition) is 1. The highest BCUT2D eigenvalue weighted by atomic mass is 32.2. The molecule has 5 rings (SSSR count). The molecule has 9 heteroatoms. The first-order chi connectivity index (χ1) is 20.3. The molecule has 0 aliphatic heterocycles. The molecule has 0 amide bonds. The number of carbonyl (C=O) groups is 1. The fourth-order valence-electron chi connectivity index (χ4n) is 5.45. The Kier molecular flexibility index (Phi) is 9.11. The predicted octanol–water partition coefficient (Wildman–Crippen LogP) is 5.22. The minimum Gasteiger partial charge on any atom is -0.492 e. The summed E-state index contributed by atoms with van der Waals surface area (Å²) in [4.78, 5) is 17.1. The number of para-hydroxylation sites is 1. The van der Waals surface area contributed by atoms with E-state index in [1.807, 2.05) is 61.6 Å². The summed E-state index contributed by atoms with van der Waals surface area (Å²) in [5.74, 6) is 0.219. The molecule has 0 saturated heterocycles. The van der Waals surface area contributed by atoms with E-state index >= 15 is 0 Å². The Balaban J connectivity index is 1.44. The molecule has 1 N–H and O–H groups in total. The number of H-pyrrole nitrogens is 1. The first-order valence-corrected chi connectivity index (χ1v) is 15.5. The minimum atomic E-state index is -3.84. The van der Waals surface area contributed by atoms with Crippen LogP contribution < -0.4 is 4.74 Å². The van der Waals surface area contributed by atoms with Crippen LogP contribution in [-0.4, -0.2) is 69.5 Å². The van der Waals surface area contributed by atoms with Crippen LogP contribution in [0.5, 0.6) is 5.75 Å². The number of aromatic nitrogens is 1. The van der Waals surface area contributed by atoms with Gasteiger partial charge in [0.25, 0.3) is 0 Å². The molecule has 4 aromatic rings. The molecule has 3 aromatic carbocycles. The summed E-state index contributed by atoms with van der Waals surface area (Å²) >= 11 is 0. The van der Waals surface area contributed by atoms with Crippen LogP contribution in [-0.2, 0) is 32.4 Å². The molecule has 0 fully saturated rings. The van der Waals surface area contributed by atoms with E-state index in [1.165, 1.54) is 13.2 Å². The molecule has 8 nitrogen and oxygen atoms in total. The first-order valence-electron chi connectivity index (χ1n) is 14.1. The quantitative estimate of drug-likeness (QED) is 0.181. The molecule has 1 aliphatic rings. The van der Waals surface area contributed by atoms with E-state index in [2.05, 4.69) is 11.1 Å². The van der Waals surface area contributed by atoms with Crippen molar-refractivity contribution in [3.8, 4) is 5.75 Å². The van der Waals surface area contributed by atoms with Gasteiger partial charge in [0.05, 0.1) is 18.0 Å². The number of carbonyl (C=O) groups excluding carboxylic acids is 1. The lowest BCUT2D eigenvalue weighted by Crippen LogP contribution is -2.35.